The summed E-state index contributed by atoms with van der Waals surface area (Å²) in [5, 5.41) is 20.8. The third kappa shape index (κ3) is 8.38. The molecule has 10 heteroatoms. The Morgan fingerprint density at radius 1 is 1.07 bits per heavy atom. The lowest BCUT2D eigenvalue weighted by atomic mass is 10.3. The molecule has 1 aromatic rings. The van der Waals surface area contributed by atoms with E-state index < -0.39 is 11.9 Å². The van der Waals surface area contributed by atoms with Crippen molar-refractivity contribution in [3.63, 3.8) is 0 Å². The van der Waals surface area contributed by atoms with E-state index in [1.807, 2.05) is 0 Å². The lowest BCUT2D eigenvalue weighted by Gasteiger charge is -2.17. The predicted molar refractivity (Wildman–Crippen MR) is 97.1 cm³/mol. The third-order valence-corrected chi connectivity index (χ3v) is 3.62. The van der Waals surface area contributed by atoms with Gasteiger partial charge < -0.3 is 35.2 Å². The highest BCUT2D eigenvalue weighted by atomic mass is 16.7. The molecule has 2 rings (SSSR count). The molecular weight excluding hydrogens is 358 g/mol. The molecule has 10 nitrogen and oxygen atoms in total. The number of aliphatic carboxylic acids is 2. The molecule has 0 atom stereocenters. The summed E-state index contributed by atoms with van der Waals surface area (Å²) in [6.45, 7) is 8.62. The van der Waals surface area contributed by atoms with Gasteiger partial charge in [-0.25, -0.2) is 9.59 Å². The van der Waals surface area contributed by atoms with Crippen LogP contribution in [0, 0.1) is 0 Å². The number of carboxylic acids is 2. The fraction of sp³-hybridized carbons (Fsp3) is 0.471. The number of hydrogen-bond acceptors (Lipinski definition) is 7. The maximum absolute atomic E-state index is 11.8. The Bertz CT molecular complexity index is 635. The van der Waals surface area contributed by atoms with Crippen LogP contribution in [0.5, 0.6) is 11.5 Å². The number of benzene rings is 1. The molecule has 1 aromatic carbocycles. The standard InChI is InChI=1S/C15H23N3O3.C2H2O4/c1-3-18(4-2)8-7-16-10-15(19)17-12-5-6-13-14(9-12)21-11-20-13;3-1(4)2(5)6/h5-6,9,16H,3-4,7-8,10-11H2,1-2H3,(H,17,19);(H,3,4)(H,5,6). The summed E-state index contributed by atoms with van der Waals surface area (Å²) < 4.78 is 10.5. The smallest absolute Gasteiger partial charge is 0.414 e. The van der Waals surface area contributed by atoms with Gasteiger partial charge >= 0.3 is 11.9 Å². The fourth-order valence-corrected chi connectivity index (χ4v) is 2.16. The van der Waals surface area contributed by atoms with Crippen molar-refractivity contribution in [1.82, 2.24) is 10.2 Å². The summed E-state index contributed by atoms with van der Waals surface area (Å²) >= 11 is 0. The molecule has 0 aliphatic carbocycles. The molecule has 0 radical (unpaired) electrons. The van der Waals surface area contributed by atoms with Crippen LogP contribution in [0.15, 0.2) is 18.2 Å². The number of carbonyl (C=O) groups excluding carboxylic acids is 1. The lowest BCUT2D eigenvalue weighted by molar-refractivity contribution is -0.159. The maximum Gasteiger partial charge on any atom is 0.414 e. The average molecular weight is 383 g/mol. The van der Waals surface area contributed by atoms with E-state index in [2.05, 4.69) is 29.4 Å². The van der Waals surface area contributed by atoms with E-state index in [9.17, 15) is 4.79 Å². The Hall–Kier alpha value is -2.85. The first-order valence-corrected chi connectivity index (χ1v) is 8.46. The zero-order valence-corrected chi connectivity index (χ0v) is 15.4. The topological polar surface area (TPSA) is 137 Å². The summed E-state index contributed by atoms with van der Waals surface area (Å²) in [7, 11) is 0. The largest absolute Gasteiger partial charge is 0.473 e. The Labute approximate surface area is 157 Å². The van der Waals surface area contributed by atoms with E-state index in [0.29, 0.717) is 18.0 Å². The SMILES string of the molecule is CCN(CC)CCNCC(=O)Nc1ccc2c(c1)OCO2.O=C(O)C(=O)O. The normalized spacial score (nSPS) is 11.5. The van der Waals surface area contributed by atoms with Gasteiger partial charge in [-0.1, -0.05) is 13.8 Å². The van der Waals surface area contributed by atoms with E-state index in [1.165, 1.54) is 0 Å². The van der Waals surface area contributed by atoms with Crippen LogP contribution in [0.25, 0.3) is 0 Å². The Kier molecular flexibility index (Phi) is 9.62. The van der Waals surface area contributed by atoms with E-state index in [1.54, 1.807) is 18.2 Å². The van der Waals surface area contributed by atoms with Gasteiger partial charge in [0.2, 0.25) is 12.7 Å². The molecule has 0 spiro atoms. The van der Waals surface area contributed by atoms with Crippen molar-refractivity contribution in [3.05, 3.63) is 18.2 Å². The molecule has 1 amide bonds. The second kappa shape index (κ2) is 11.7. The number of rotatable bonds is 8. The highest BCUT2D eigenvalue weighted by molar-refractivity contribution is 6.27. The van der Waals surface area contributed by atoms with Gasteiger partial charge in [0.1, 0.15) is 0 Å². The molecule has 0 fully saturated rings. The van der Waals surface area contributed by atoms with Crippen molar-refractivity contribution in [2.75, 3.05) is 44.8 Å². The molecule has 27 heavy (non-hydrogen) atoms. The Morgan fingerprint density at radius 3 is 2.30 bits per heavy atom. The van der Waals surface area contributed by atoms with Gasteiger partial charge in [-0.05, 0) is 25.2 Å². The fourth-order valence-electron chi connectivity index (χ4n) is 2.16. The Morgan fingerprint density at radius 2 is 1.70 bits per heavy atom. The molecule has 0 aromatic heterocycles. The molecule has 0 saturated heterocycles. The van der Waals surface area contributed by atoms with Crippen LogP contribution in [0.3, 0.4) is 0 Å². The summed E-state index contributed by atoms with van der Waals surface area (Å²) in [4.78, 5) is 32.3. The van der Waals surface area contributed by atoms with Crippen molar-refractivity contribution < 1.29 is 34.1 Å². The minimum absolute atomic E-state index is 0.0617. The number of hydrogen-bond donors (Lipinski definition) is 4. The summed E-state index contributed by atoms with van der Waals surface area (Å²) in [6.07, 6.45) is 0. The van der Waals surface area contributed by atoms with Crippen LogP contribution in [0.2, 0.25) is 0 Å². The Balaban J connectivity index is 0.000000527. The number of fused-ring (bicyclic) bond motifs is 1. The molecule has 4 N–H and O–H groups in total. The van der Waals surface area contributed by atoms with Crippen LogP contribution in [0.1, 0.15) is 13.8 Å². The second-order valence-corrected chi connectivity index (χ2v) is 5.43. The first-order valence-electron chi connectivity index (χ1n) is 8.46. The predicted octanol–water partition coefficient (Wildman–Crippen LogP) is 0.441. The number of nitrogens with one attached hydrogen (secondary N) is 2. The molecular formula is C17H25N3O7. The van der Waals surface area contributed by atoms with E-state index in [-0.39, 0.29) is 12.7 Å². The summed E-state index contributed by atoms with van der Waals surface area (Å²) in [5.41, 5.74) is 0.717. The zero-order valence-electron chi connectivity index (χ0n) is 15.4. The average Bonchev–Trinajstić information content (AvgIpc) is 3.10. The van der Waals surface area contributed by atoms with Gasteiger partial charge in [0.05, 0.1) is 6.54 Å². The number of carboxylic acid groups (broad SMARTS) is 2. The molecule has 1 aliphatic rings. The van der Waals surface area contributed by atoms with E-state index in [0.717, 1.165) is 31.9 Å². The highest BCUT2D eigenvalue weighted by Gasteiger charge is 2.14. The third-order valence-electron chi connectivity index (χ3n) is 3.62. The van der Waals surface area contributed by atoms with Gasteiger partial charge in [-0.2, -0.15) is 0 Å². The monoisotopic (exact) mass is 383 g/mol. The van der Waals surface area contributed by atoms with Crippen LogP contribution in [-0.4, -0.2) is 72.5 Å². The molecule has 150 valence electrons. The second-order valence-electron chi connectivity index (χ2n) is 5.43. The maximum atomic E-state index is 11.8. The zero-order chi connectivity index (χ0) is 20.2. The summed E-state index contributed by atoms with van der Waals surface area (Å²) in [5.74, 6) is -2.33. The van der Waals surface area contributed by atoms with E-state index in [4.69, 9.17) is 29.3 Å². The minimum atomic E-state index is -1.82. The van der Waals surface area contributed by atoms with Gasteiger partial charge in [0.15, 0.2) is 11.5 Å². The molecule has 0 saturated carbocycles. The van der Waals surface area contributed by atoms with Gasteiger partial charge in [-0.15, -0.1) is 0 Å². The van der Waals surface area contributed by atoms with E-state index >= 15 is 0 Å². The number of amides is 1. The summed E-state index contributed by atoms with van der Waals surface area (Å²) in [6, 6.07) is 5.38. The molecule has 1 heterocycles. The van der Waals surface area contributed by atoms with Crippen LogP contribution in [-0.2, 0) is 14.4 Å². The molecule has 0 unspecified atom stereocenters. The van der Waals surface area contributed by atoms with Crippen molar-refractivity contribution in [2.24, 2.45) is 0 Å². The number of anilines is 1. The van der Waals surface area contributed by atoms with Crippen LogP contribution >= 0.6 is 0 Å². The van der Waals surface area contributed by atoms with Crippen molar-refractivity contribution in [1.29, 1.82) is 0 Å². The van der Waals surface area contributed by atoms with Crippen molar-refractivity contribution in [2.45, 2.75) is 13.8 Å². The number of carbonyl (C=O) groups is 3. The number of likely N-dealkylation sites (N-methyl/N-ethyl adjacent to an activating group) is 1. The van der Waals surface area contributed by atoms with Crippen molar-refractivity contribution >= 4 is 23.5 Å². The van der Waals surface area contributed by atoms with Crippen LogP contribution < -0.4 is 20.1 Å². The quantitative estimate of drug-likeness (QED) is 0.372. The number of ether oxygens (including phenoxy) is 2. The molecule has 0 bridgehead atoms. The van der Waals surface area contributed by atoms with Gasteiger partial charge in [0, 0.05) is 24.8 Å². The highest BCUT2D eigenvalue weighted by Crippen LogP contribution is 2.34. The number of nitrogens with zero attached hydrogens (tertiary/aromatic N) is 1. The lowest BCUT2D eigenvalue weighted by Crippen LogP contribution is -2.35. The minimum Gasteiger partial charge on any atom is -0.473 e. The van der Waals surface area contributed by atoms with Crippen LogP contribution in [0.4, 0.5) is 5.69 Å². The first-order chi connectivity index (χ1) is 12.9. The van der Waals surface area contributed by atoms with Gasteiger partial charge in [0.25, 0.3) is 0 Å². The first kappa shape index (κ1) is 22.2. The van der Waals surface area contributed by atoms with Crippen molar-refractivity contribution in [3.8, 4) is 11.5 Å². The molecule has 1 aliphatic heterocycles. The van der Waals surface area contributed by atoms with Gasteiger partial charge in [-0.3, -0.25) is 4.79 Å².